The molecule has 0 amide bonds. The van der Waals surface area contributed by atoms with Crippen LogP contribution in [0.3, 0.4) is 0 Å². The summed E-state index contributed by atoms with van der Waals surface area (Å²) in [6, 6.07) is 0. The number of esters is 1. The largest absolute Gasteiger partial charge is 0.462 e. The second-order valence-electron chi connectivity index (χ2n) is 12.7. The van der Waals surface area contributed by atoms with E-state index in [2.05, 4.69) is 81.5 Å². The van der Waals surface area contributed by atoms with Crippen molar-refractivity contribution in [3.05, 3.63) is 48.6 Å². The highest BCUT2D eigenvalue weighted by atomic mass is 16.5. The Morgan fingerprint density at radius 1 is 0.535 bits per heavy atom. The summed E-state index contributed by atoms with van der Waals surface area (Å²) in [7, 11) is 4.12. The summed E-state index contributed by atoms with van der Waals surface area (Å²) in [5.41, 5.74) is 0. The maximum atomic E-state index is 12.5. The van der Waals surface area contributed by atoms with Crippen LogP contribution in [0.1, 0.15) is 174 Å². The zero-order valence-corrected chi connectivity index (χ0v) is 29.3. The third kappa shape index (κ3) is 34.7. The minimum absolute atomic E-state index is 0.00487. The van der Waals surface area contributed by atoms with Crippen molar-refractivity contribution in [3.8, 4) is 0 Å². The highest BCUT2D eigenvalue weighted by Crippen LogP contribution is 2.18. The lowest BCUT2D eigenvalue weighted by atomic mass is 10.0. The van der Waals surface area contributed by atoms with Gasteiger partial charge in [-0.15, -0.1) is 0 Å². The summed E-state index contributed by atoms with van der Waals surface area (Å²) in [6.07, 6.45) is 48.4. The number of carbonyl (C=O) groups is 1. The van der Waals surface area contributed by atoms with E-state index in [1.807, 2.05) is 0 Å². The van der Waals surface area contributed by atoms with Crippen LogP contribution < -0.4 is 0 Å². The average molecular weight is 600 g/mol. The van der Waals surface area contributed by atoms with Crippen LogP contribution in [-0.4, -0.2) is 37.6 Å². The molecule has 1 unspecified atom stereocenters. The van der Waals surface area contributed by atoms with Crippen LogP contribution in [0.2, 0.25) is 0 Å². The predicted molar refractivity (Wildman–Crippen MR) is 192 cm³/mol. The Labute approximate surface area is 269 Å². The molecule has 0 aromatic rings. The van der Waals surface area contributed by atoms with E-state index in [1.54, 1.807) is 0 Å². The van der Waals surface area contributed by atoms with Crippen molar-refractivity contribution in [2.24, 2.45) is 0 Å². The van der Waals surface area contributed by atoms with Crippen LogP contribution in [-0.2, 0) is 9.53 Å². The predicted octanol–water partition coefficient (Wildman–Crippen LogP) is 12.5. The van der Waals surface area contributed by atoms with Gasteiger partial charge in [-0.3, -0.25) is 4.79 Å². The van der Waals surface area contributed by atoms with Gasteiger partial charge >= 0.3 is 5.97 Å². The molecule has 43 heavy (non-hydrogen) atoms. The van der Waals surface area contributed by atoms with E-state index in [0.717, 1.165) is 38.6 Å². The van der Waals surface area contributed by atoms with Crippen LogP contribution in [0, 0.1) is 0 Å². The Morgan fingerprint density at radius 3 is 1.44 bits per heavy atom. The number of hydrogen-bond donors (Lipinski definition) is 0. The van der Waals surface area contributed by atoms with E-state index in [1.165, 1.54) is 122 Å². The third-order valence-corrected chi connectivity index (χ3v) is 7.97. The minimum atomic E-state index is 0.00487. The Morgan fingerprint density at radius 2 is 0.977 bits per heavy atom. The van der Waals surface area contributed by atoms with Gasteiger partial charge in [-0.1, -0.05) is 133 Å². The van der Waals surface area contributed by atoms with Crippen molar-refractivity contribution >= 4 is 5.97 Å². The van der Waals surface area contributed by atoms with Gasteiger partial charge in [0.05, 0.1) is 0 Å². The Bertz CT molecular complexity index is 691. The van der Waals surface area contributed by atoms with Gasteiger partial charge in [0, 0.05) is 6.42 Å². The summed E-state index contributed by atoms with van der Waals surface area (Å²) in [5.74, 6) is 0.00487. The molecule has 3 heteroatoms. The number of carbonyl (C=O) groups excluding carboxylic acids is 1. The van der Waals surface area contributed by atoms with Gasteiger partial charge in [0.15, 0.2) is 0 Å². The number of ether oxygens (including phenoxy) is 1. The lowest BCUT2D eigenvalue weighted by molar-refractivity contribution is -0.150. The molecule has 1 atom stereocenters. The quantitative estimate of drug-likeness (QED) is 0.0437. The monoisotopic (exact) mass is 600 g/mol. The Hall–Kier alpha value is -1.61. The molecule has 0 aromatic carbocycles. The maximum Gasteiger partial charge on any atom is 0.306 e. The normalized spacial score (nSPS) is 13.0. The van der Waals surface area contributed by atoms with E-state index >= 15 is 0 Å². The smallest absolute Gasteiger partial charge is 0.306 e. The topological polar surface area (TPSA) is 29.5 Å². The number of nitrogens with zero attached hydrogens (tertiary/aromatic N) is 1. The Kier molecular flexibility index (Phi) is 33.6. The minimum Gasteiger partial charge on any atom is -0.462 e. The zero-order valence-electron chi connectivity index (χ0n) is 29.3. The molecule has 0 rings (SSSR count). The highest BCUT2D eigenvalue weighted by Gasteiger charge is 2.14. The lowest BCUT2D eigenvalue weighted by Gasteiger charge is -2.18. The van der Waals surface area contributed by atoms with Gasteiger partial charge < -0.3 is 9.64 Å². The van der Waals surface area contributed by atoms with Crippen LogP contribution in [0.4, 0.5) is 0 Å². The molecular weight excluding hydrogens is 526 g/mol. The molecule has 0 spiro atoms. The summed E-state index contributed by atoms with van der Waals surface area (Å²) in [6.45, 7) is 5.41. The van der Waals surface area contributed by atoms with Crippen molar-refractivity contribution in [2.75, 3.05) is 20.6 Å². The first kappa shape index (κ1) is 41.4. The van der Waals surface area contributed by atoms with Crippen molar-refractivity contribution in [1.82, 2.24) is 4.90 Å². The van der Waals surface area contributed by atoms with Crippen LogP contribution >= 0.6 is 0 Å². The molecule has 0 radical (unpaired) electrons. The Balaban J connectivity index is 4.03. The summed E-state index contributed by atoms with van der Waals surface area (Å²) in [5, 5.41) is 0. The maximum absolute atomic E-state index is 12.5. The molecule has 250 valence electrons. The molecular formula is C40H73NO2. The van der Waals surface area contributed by atoms with Crippen molar-refractivity contribution in [3.63, 3.8) is 0 Å². The molecule has 0 aliphatic heterocycles. The first-order valence-corrected chi connectivity index (χ1v) is 18.5. The molecule has 0 heterocycles. The molecule has 0 aliphatic carbocycles. The lowest BCUT2D eigenvalue weighted by Crippen LogP contribution is -2.20. The first-order valence-electron chi connectivity index (χ1n) is 18.5. The SMILES string of the molecule is CCCC=CCC=CCCCCCCCCC(CCCCCCCCC=CCC=CCCCC)OC(=O)CCCN(C)C. The van der Waals surface area contributed by atoms with Gasteiger partial charge in [0.1, 0.15) is 6.10 Å². The fourth-order valence-corrected chi connectivity index (χ4v) is 5.23. The molecule has 0 bridgehead atoms. The summed E-state index contributed by atoms with van der Waals surface area (Å²) < 4.78 is 5.98. The van der Waals surface area contributed by atoms with E-state index in [-0.39, 0.29) is 12.1 Å². The fourth-order valence-electron chi connectivity index (χ4n) is 5.23. The van der Waals surface area contributed by atoms with E-state index in [4.69, 9.17) is 4.74 Å². The zero-order chi connectivity index (χ0) is 31.5. The molecule has 0 aromatic heterocycles. The van der Waals surface area contributed by atoms with Gasteiger partial charge in [-0.25, -0.2) is 0 Å². The molecule has 0 N–H and O–H groups in total. The van der Waals surface area contributed by atoms with Gasteiger partial charge in [-0.2, -0.15) is 0 Å². The van der Waals surface area contributed by atoms with Gasteiger partial charge in [0.25, 0.3) is 0 Å². The number of unbranched alkanes of at least 4 members (excludes halogenated alkanes) is 15. The fraction of sp³-hybridized carbons (Fsp3) is 0.775. The van der Waals surface area contributed by atoms with E-state index in [0.29, 0.717) is 6.42 Å². The molecule has 3 nitrogen and oxygen atoms in total. The second kappa shape index (κ2) is 34.9. The third-order valence-electron chi connectivity index (χ3n) is 7.97. The van der Waals surface area contributed by atoms with Gasteiger partial charge in [-0.05, 0) is 104 Å². The average Bonchev–Trinajstić information content (AvgIpc) is 2.98. The van der Waals surface area contributed by atoms with Crippen molar-refractivity contribution in [1.29, 1.82) is 0 Å². The van der Waals surface area contributed by atoms with E-state index < -0.39 is 0 Å². The van der Waals surface area contributed by atoms with Crippen LogP contribution in [0.5, 0.6) is 0 Å². The molecule has 0 saturated heterocycles. The first-order chi connectivity index (χ1) is 21.1. The summed E-state index contributed by atoms with van der Waals surface area (Å²) in [4.78, 5) is 14.6. The van der Waals surface area contributed by atoms with Crippen molar-refractivity contribution in [2.45, 2.75) is 180 Å². The van der Waals surface area contributed by atoms with Crippen molar-refractivity contribution < 1.29 is 9.53 Å². The molecule has 0 saturated carbocycles. The summed E-state index contributed by atoms with van der Waals surface area (Å²) >= 11 is 0. The number of hydrogen-bond acceptors (Lipinski definition) is 3. The molecule has 0 aliphatic rings. The second-order valence-corrected chi connectivity index (χ2v) is 12.7. The molecule has 0 fully saturated rings. The van der Waals surface area contributed by atoms with Crippen LogP contribution in [0.25, 0.3) is 0 Å². The number of allylic oxidation sites excluding steroid dienone is 8. The van der Waals surface area contributed by atoms with E-state index in [9.17, 15) is 4.79 Å². The van der Waals surface area contributed by atoms with Crippen LogP contribution in [0.15, 0.2) is 48.6 Å². The standard InChI is InChI=1S/C40H73NO2/c1-5-7-9-11-13-15-17-19-21-23-25-27-29-31-33-36-39(43-40(42)37-34-38-41(3)4)35-32-30-28-26-24-22-20-18-16-14-12-10-8-6-2/h10-13,16-19,39H,5-9,14-15,20-38H2,1-4H3. The highest BCUT2D eigenvalue weighted by molar-refractivity contribution is 5.69. The number of rotatable bonds is 32. The van der Waals surface area contributed by atoms with Gasteiger partial charge in [0.2, 0.25) is 0 Å².